The van der Waals surface area contributed by atoms with Gasteiger partial charge in [-0.3, -0.25) is 14.5 Å². The number of likely N-dealkylation sites (tertiary alicyclic amines) is 2. The molecule has 2 rings (SSSR count). The summed E-state index contributed by atoms with van der Waals surface area (Å²) < 4.78 is 0. The van der Waals surface area contributed by atoms with Gasteiger partial charge in [0.05, 0.1) is 6.54 Å². The van der Waals surface area contributed by atoms with Crippen molar-refractivity contribution in [1.29, 1.82) is 0 Å². The highest BCUT2D eigenvalue weighted by molar-refractivity contribution is 6.12. The topological polar surface area (TPSA) is 40.6 Å². The van der Waals surface area contributed by atoms with Crippen LogP contribution in [-0.4, -0.2) is 54.2 Å². The average Bonchev–Trinajstić information content (AvgIpc) is 2.44. The molecule has 2 saturated heterocycles. The van der Waals surface area contributed by atoms with Gasteiger partial charge in [0.2, 0.25) is 5.91 Å². The number of carbonyl (C=O) groups is 2. The van der Waals surface area contributed by atoms with Gasteiger partial charge in [0, 0.05) is 19.6 Å². The maximum Gasteiger partial charge on any atom is 0.237 e. The highest BCUT2D eigenvalue weighted by Gasteiger charge is 2.54. The van der Waals surface area contributed by atoms with E-state index in [4.69, 9.17) is 0 Å². The lowest BCUT2D eigenvalue weighted by Gasteiger charge is -2.39. The molecule has 1 spiro atoms. The summed E-state index contributed by atoms with van der Waals surface area (Å²) in [6, 6.07) is 0.406. The zero-order chi connectivity index (χ0) is 11.9. The molecule has 0 aromatic carbocycles. The van der Waals surface area contributed by atoms with Gasteiger partial charge in [0.15, 0.2) is 5.78 Å². The molecule has 4 nitrogen and oxygen atoms in total. The zero-order valence-corrected chi connectivity index (χ0v) is 10.3. The fourth-order valence-corrected chi connectivity index (χ4v) is 2.85. The average molecular weight is 224 g/mol. The van der Waals surface area contributed by atoms with Crippen LogP contribution in [0.2, 0.25) is 0 Å². The minimum Gasteiger partial charge on any atom is -0.337 e. The molecule has 0 radical (unpaired) electrons. The SMILES string of the molecule is CC(C)N1CCCC2(C1)C(=O)CN(C)C2=O. The Morgan fingerprint density at radius 1 is 1.31 bits per heavy atom. The maximum absolute atomic E-state index is 12.1. The molecule has 2 heterocycles. The lowest BCUT2D eigenvalue weighted by atomic mass is 9.77. The number of hydrogen-bond donors (Lipinski definition) is 0. The van der Waals surface area contributed by atoms with E-state index in [1.54, 1.807) is 11.9 Å². The van der Waals surface area contributed by atoms with Crippen LogP contribution in [0, 0.1) is 5.41 Å². The van der Waals surface area contributed by atoms with Gasteiger partial charge >= 0.3 is 0 Å². The van der Waals surface area contributed by atoms with Crippen LogP contribution in [0.3, 0.4) is 0 Å². The van der Waals surface area contributed by atoms with Crippen LogP contribution in [0.4, 0.5) is 0 Å². The number of rotatable bonds is 1. The van der Waals surface area contributed by atoms with Crippen molar-refractivity contribution in [1.82, 2.24) is 9.80 Å². The number of hydrogen-bond acceptors (Lipinski definition) is 3. The highest BCUT2D eigenvalue weighted by atomic mass is 16.2. The molecule has 0 aromatic heterocycles. The summed E-state index contributed by atoms with van der Waals surface area (Å²) in [5.41, 5.74) is -0.711. The van der Waals surface area contributed by atoms with Gasteiger partial charge < -0.3 is 4.90 Å². The van der Waals surface area contributed by atoms with Crippen LogP contribution in [0.15, 0.2) is 0 Å². The Morgan fingerprint density at radius 3 is 2.50 bits per heavy atom. The fraction of sp³-hybridized carbons (Fsp3) is 0.833. The van der Waals surface area contributed by atoms with E-state index in [-0.39, 0.29) is 11.7 Å². The minimum atomic E-state index is -0.711. The van der Waals surface area contributed by atoms with Crippen molar-refractivity contribution < 1.29 is 9.59 Å². The highest BCUT2D eigenvalue weighted by Crippen LogP contribution is 2.37. The third-order valence-electron chi connectivity index (χ3n) is 3.92. The predicted molar refractivity (Wildman–Crippen MR) is 61.0 cm³/mol. The lowest BCUT2D eigenvalue weighted by Crippen LogP contribution is -2.52. The molecule has 1 unspecified atom stereocenters. The third-order valence-corrected chi connectivity index (χ3v) is 3.92. The Labute approximate surface area is 96.6 Å². The molecule has 2 fully saturated rings. The number of nitrogens with zero attached hydrogens (tertiary/aromatic N) is 2. The largest absolute Gasteiger partial charge is 0.337 e. The van der Waals surface area contributed by atoms with Crippen molar-refractivity contribution in [2.24, 2.45) is 5.41 Å². The molecular formula is C12H20N2O2. The second-order valence-electron chi connectivity index (χ2n) is 5.33. The van der Waals surface area contributed by atoms with Crippen molar-refractivity contribution in [3.05, 3.63) is 0 Å². The lowest BCUT2D eigenvalue weighted by molar-refractivity contribution is -0.142. The molecule has 1 atom stereocenters. The number of likely N-dealkylation sites (N-methyl/N-ethyl adjacent to an activating group) is 1. The summed E-state index contributed by atoms with van der Waals surface area (Å²) in [4.78, 5) is 28.0. The van der Waals surface area contributed by atoms with E-state index in [1.807, 2.05) is 0 Å². The summed E-state index contributed by atoms with van der Waals surface area (Å²) in [5, 5.41) is 0. The van der Waals surface area contributed by atoms with Crippen LogP contribution < -0.4 is 0 Å². The van der Waals surface area contributed by atoms with Crippen LogP contribution in [0.5, 0.6) is 0 Å². The van der Waals surface area contributed by atoms with E-state index < -0.39 is 5.41 Å². The standard InChI is InChI=1S/C12H20N2O2/c1-9(2)14-6-4-5-12(8-14)10(15)7-13(3)11(12)16/h9H,4-8H2,1-3H3. The van der Waals surface area contributed by atoms with E-state index in [0.29, 0.717) is 19.1 Å². The first kappa shape index (κ1) is 11.6. The van der Waals surface area contributed by atoms with E-state index in [0.717, 1.165) is 19.4 Å². The molecule has 1 amide bonds. The first-order valence-corrected chi connectivity index (χ1v) is 6.00. The van der Waals surface area contributed by atoms with E-state index in [9.17, 15) is 9.59 Å². The van der Waals surface area contributed by atoms with Crippen molar-refractivity contribution in [2.75, 3.05) is 26.7 Å². The van der Waals surface area contributed by atoms with Crippen molar-refractivity contribution in [3.8, 4) is 0 Å². The van der Waals surface area contributed by atoms with Crippen LogP contribution in [0.1, 0.15) is 26.7 Å². The Kier molecular flexibility index (Phi) is 2.78. The number of ketones is 1. The van der Waals surface area contributed by atoms with Gasteiger partial charge in [-0.1, -0.05) is 0 Å². The Bertz CT molecular complexity index is 327. The summed E-state index contributed by atoms with van der Waals surface area (Å²) in [5.74, 6) is 0.146. The number of piperidine rings is 1. The zero-order valence-electron chi connectivity index (χ0n) is 10.3. The van der Waals surface area contributed by atoms with E-state index in [2.05, 4.69) is 18.7 Å². The Balaban J connectivity index is 2.24. The molecule has 0 aliphatic carbocycles. The molecule has 0 bridgehead atoms. The second-order valence-corrected chi connectivity index (χ2v) is 5.33. The van der Waals surface area contributed by atoms with Gasteiger partial charge in [-0.25, -0.2) is 0 Å². The van der Waals surface area contributed by atoms with E-state index in [1.165, 1.54) is 0 Å². The number of carbonyl (C=O) groups excluding carboxylic acids is 2. The summed E-state index contributed by atoms with van der Waals surface area (Å²) >= 11 is 0. The Hall–Kier alpha value is -0.900. The molecule has 0 N–H and O–H groups in total. The predicted octanol–water partition coefficient (Wildman–Crippen LogP) is 0.518. The molecule has 0 saturated carbocycles. The molecule has 0 aromatic rings. The molecule has 2 aliphatic rings. The van der Waals surface area contributed by atoms with Gasteiger partial charge in [0.25, 0.3) is 0 Å². The first-order valence-electron chi connectivity index (χ1n) is 6.00. The van der Waals surface area contributed by atoms with Gasteiger partial charge in [-0.05, 0) is 33.2 Å². The summed E-state index contributed by atoms with van der Waals surface area (Å²) in [6.45, 7) is 6.15. The monoisotopic (exact) mass is 224 g/mol. The quantitative estimate of drug-likeness (QED) is 0.610. The third kappa shape index (κ3) is 1.56. The molecule has 16 heavy (non-hydrogen) atoms. The number of Topliss-reactive ketones (excluding diaryl/α,β-unsaturated/α-hetero) is 1. The summed E-state index contributed by atoms with van der Waals surface area (Å²) in [7, 11) is 1.73. The van der Waals surface area contributed by atoms with Gasteiger partial charge in [-0.15, -0.1) is 0 Å². The fourth-order valence-electron chi connectivity index (χ4n) is 2.85. The smallest absolute Gasteiger partial charge is 0.237 e. The van der Waals surface area contributed by atoms with Crippen molar-refractivity contribution >= 4 is 11.7 Å². The molecule has 4 heteroatoms. The second kappa shape index (κ2) is 3.84. The van der Waals surface area contributed by atoms with Crippen molar-refractivity contribution in [2.45, 2.75) is 32.7 Å². The molecular weight excluding hydrogens is 204 g/mol. The maximum atomic E-state index is 12.1. The van der Waals surface area contributed by atoms with Gasteiger partial charge in [0.1, 0.15) is 5.41 Å². The van der Waals surface area contributed by atoms with Crippen LogP contribution in [-0.2, 0) is 9.59 Å². The molecule has 2 aliphatic heterocycles. The molecule has 90 valence electrons. The first-order chi connectivity index (χ1) is 7.47. The van der Waals surface area contributed by atoms with Gasteiger partial charge in [-0.2, -0.15) is 0 Å². The normalized spacial score (nSPS) is 32.1. The minimum absolute atomic E-state index is 0.0304. The van der Waals surface area contributed by atoms with Crippen molar-refractivity contribution in [3.63, 3.8) is 0 Å². The van der Waals surface area contributed by atoms with Crippen LogP contribution >= 0.6 is 0 Å². The van der Waals surface area contributed by atoms with Crippen LogP contribution in [0.25, 0.3) is 0 Å². The Morgan fingerprint density at radius 2 is 2.00 bits per heavy atom. The number of amides is 1. The van der Waals surface area contributed by atoms with E-state index >= 15 is 0 Å². The summed E-state index contributed by atoms with van der Waals surface area (Å²) in [6.07, 6.45) is 1.68.